The molecule has 140 valence electrons. The lowest BCUT2D eigenvalue weighted by Gasteiger charge is -2.20. The van der Waals surface area contributed by atoms with Crippen molar-refractivity contribution >= 4 is 27.3 Å². The van der Waals surface area contributed by atoms with Gasteiger partial charge in [-0.2, -0.15) is 21.6 Å². The van der Waals surface area contributed by atoms with Crippen LogP contribution >= 0.6 is 11.6 Å². The third-order valence-electron chi connectivity index (χ3n) is 4.07. The zero-order chi connectivity index (χ0) is 18.9. The topological polar surface area (TPSA) is 55.4 Å². The average Bonchev–Trinajstić information content (AvgIpc) is 2.56. The molecule has 3 rings (SSSR count). The number of ether oxygens (including phenoxy) is 1. The normalized spacial score (nSPS) is 14.6. The fourth-order valence-electron chi connectivity index (χ4n) is 2.83. The van der Waals surface area contributed by atoms with Gasteiger partial charge in [0.05, 0.1) is 5.69 Å². The first-order valence-electron chi connectivity index (χ1n) is 7.84. The van der Waals surface area contributed by atoms with Crippen LogP contribution in [0.2, 0.25) is 5.02 Å². The van der Waals surface area contributed by atoms with E-state index in [1.807, 2.05) is 6.07 Å². The molecule has 9 heteroatoms. The van der Waals surface area contributed by atoms with E-state index in [0.717, 1.165) is 42.9 Å². The van der Waals surface area contributed by atoms with Gasteiger partial charge in [0.25, 0.3) is 0 Å². The van der Waals surface area contributed by atoms with Gasteiger partial charge in [-0.05, 0) is 55.0 Å². The highest BCUT2D eigenvalue weighted by molar-refractivity contribution is 7.93. The first kappa shape index (κ1) is 18.8. The van der Waals surface area contributed by atoms with Crippen LogP contribution in [0.3, 0.4) is 0 Å². The van der Waals surface area contributed by atoms with Gasteiger partial charge in [-0.3, -0.25) is 4.72 Å². The molecule has 0 fully saturated rings. The molecule has 1 aliphatic rings. The van der Waals surface area contributed by atoms with Crippen LogP contribution in [0.25, 0.3) is 0 Å². The number of alkyl halides is 3. The van der Waals surface area contributed by atoms with Crippen molar-refractivity contribution in [3.05, 3.63) is 52.5 Å². The maximum atomic E-state index is 12.7. The minimum Gasteiger partial charge on any atom is -0.455 e. The molecule has 0 heterocycles. The van der Waals surface area contributed by atoms with E-state index in [1.165, 1.54) is 16.9 Å². The number of benzene rings is 2. The highest BCUT2D eigenvalue weighted by Crippen LogP contribution is 2.38. The van der Waals surface area contributed by atoms with Gasteiger partial charge in [-0.1, -0.05) is 23.7 Å². The Morgan fingerprint density at radius 2 is 1.77 bits per heavy atom. The maximum Gasteiger partial charge on any atom is 0.516 e. The fraction of sp³-hybridized carbons (Fsp3) is 0.294. The third kappa shape index (κ3) is 3.91. The lowest BCUT2D eigenvalue weighted by molar-refractivity contribution is -0.0429. The van der Waals surface area contributed by atoms with Crippen molar-refractivity contribution in [2.75, 3.05) is 4.72 Å². The fourth-order valence-corrected chi connectivity index (χ4v) is 3.56. The summed E-state index contributed by atoms with van der Waals surface area (Å²) < 4.78 is 68.1. The van der Waals surface area contributed by atoms with Crippen LogP contribution in [0.5, 0.6) is 11.5 Å². The van der Waals surface area contributed by atoms with Crippen LogP contribution in [0.4, 0.5) is 18.9 Å². The van der Waals surface area contributed by atoms with E-state index in [1.54, 1.807) is 12.1 Å². The second-order valence-corrected chi connectivity index (χ2v) is 8.01. The van der Waals surface area contributed by atoms with Gasteiger partial charge in [-0.15, -0.1) is 0 Å². The summed E-state index contributed by atoms with van der Waals surface area (Å²) in [7, 11) is -5.57. The van der Waals surface area contributed by atoms with Gasteiger partial charge in [0.15, 0.2) is 5.75 Å². The lowest BCUT2D eigenvalue weighted by Crippen LogP contribution is -2.30. The van der Waals surface area contributed by atoms with Crippen LogP contribution < -0.4 is 9.46 Å². The zero-order valence-electron chi connectivity index (χ0n) is 13.4. The average molecular weight is 406 g/mol. The summed E-state index contributed by atoms with van der Waals surface area (Å²) in [5, 5.41) is 0.208. The summed E-state index contributed by atoms with van der Waals surface area (Å²) >= 11 is 5.91. The molecular formula is C17H15ClF3NO3S. The number of aryl methyl sites for hydroxylation is 1. The molecule has 0 saturated carbocycles. The highest BCUT2D eigenvalue weighted by atomic mass is 35.5. The molecule has 0 spiro atoms. The van der Waals surface area contributed by atoms with Gasteiger partial charge < -0.3 is 4.74 Å². The van der Waals surface area contributed by atoms with Crippen molar-refractivity contribution in [1.29, 1.82) is 0 Å². The van der Waals surface area contributed by atoms with E-state index in [0.29, 0.717) is 5.75 Å². The highest BCUT2D eigenvalue weighted by Gasteiger charge is 2.46. The van der Waals surface area contributed by atoms with Gasteiger partial charge in [0.1, 0.15) is 5.75 Å². The van der Waals surface area contributed by atoms with Crippen LogP contribution in [-0.2, 0) is 22.9 Å². The minimum atomic E-state index is -5.57. The number of sulfonamides is 1. The van der Waals surface area contributed by atoms with E-state index in [4.69, 9.17) is 16.3 Å². The maximum absolute atomic E-state index is 12.7. The molecule has 0 bridgehead atoms. The van der Waals surface area contributed by atoms with Crippen molar-refractivity contribution in [3.63, 3.8) is 0 Å². The monoisotopic (exact) mass is 405 g/mol. The van der Waals surface area contributed by atoms with Crippen molar-refractivity contribution in [2.45, 2.75) is 31.2 Å². The summed E-state index contributed by atoms with van der Waals surface area (Å²) in [5.41, 5.74) is -3.67. The number of rotatable bonds is 4. The molecule has 26 heavy (non-hydrogen) atoms. The summed E-state index contributed by atoms with van der Waals surface area (Å²) in [6.45, 7) is 0. The van der Waals surface area contributed by atoms with Gasteiger partial charge in [-0.25, -0.2) is 0 Å². The Labute approximate surface area is 154 Å². The molecule has 0 unspecified atom stereocenters. The molecular weight excluding hydrogens is 391 g/mol. The molecule has 0 radical (unpaired) electrons. The van der Waals surface area contributed by atoms with E-state index >= 15 is 0 Å². The van der Waals surface area contributed by atoms with Crippen molar-refractivity contribution in [2.24, 2.45) is 0 Å². The van der Waals surface area contributed by atoms with Gasteiger partial charge in [0.2, 0.25) is 0 Å². The summed E-state index contributed by atoms with van der Waals surface area (Å²) in [6, 6.07) is 9.17. The van der Waals surface area contributed by atoms with E-state index in [-0.39, 0.29) is 16.5 Å². The standard InChI is InChI=1S/C17H15ClF3NO3S/c18-12-8-9-14(22-26(23,24)17(19,20)21)16(10-12)25-15-7-3-5-11-4-1-2-6-13(11)15/h3,5,7-10,22H,1-2,4,6H2. The predicted octanol–water partition coefficient (Wildman–Crippen LogP) is 5.27. The SMILES string of the molecule is O=S(=O)(Nc1ccc(Cl)cc1Oc1cccc2c1CCCC2)C(F)(F)F. The zero-order valence-corrected chi connectivity index (χ0v) is 15.0. The first-order valence-corrected chi connectivity index (χ1v) is 9.71. The minimum absolute atomic E-state index is 0.0932. The van der Waals surface area contributed by atoms with Crippen molar-refractivity contribution in [1.82, 2.24) is 0 Å². The molecule has 0 amide bonds. The Hall–Kier alpha value is -1.93. The Bertz CT molecular complexity index is 929. The number of anilines is 1. The summed E-state index contributed by atoms with van der Waals surface area (Å²) in [6.07, 6.45) is 3.73. The molecule has 1 aliphatic carbocycles. The molecule has 0 aromatic heterocycles. The van der Waals surface area contributed by atoms with Gasteiger partial charge >= 0.3 is 15.5 Å². The number of fused-ring (bicyclic) bond motifs is 1. The molecule has 0 saturated heterocycles. The molecule has 1 N–H and O–H groups in total. The van der Waals surface area contributed by atoms with E-state index in [9.17, 15) is 21.6 Å². The number of halogens is 4. The number of hydrogen-bond donors (Lipinski definition) is 1. The molecule has 0 atom stereocenters. The number of nitrogens with one attached hydrogen (secondary N) is 1. The van der Waals surface area contributed by atoms with Crippen LogP contribution in [0.15, 0.2) is 36.4 Å². The third-order valence-corrected chi connectivity index (χ3v) is 5.40. The molecule has 0 aliphatic heterocycles. The predicted molar refractivity (Wildman–Crippen MR) is 93.2 cm³/mol. The second-order valence-electron chi connectivity index (χ2n) is 5.89. The second kappa shape index (κ2) is 7.00. The van der Waals surface area contributed by atoms with Crippen LogP contribution in [-0.4, -0.2) is 13.9 Å². The Morgan fingerprint density at radius 1 is 1.04 bits per heavy atom. The quantitative estimate of drug-likeness (QED) is 0.753. The van der Waals surface area contributed by atoms with Crippen molar-refractivity contribution in [3.8, 4) is 11.5 Å². The lowest BCUT2D eigenvalue weighted by atomic mass is 9.91. The summed E-state index contributed by atoms with van der Waals surface area (Å²) in [4.78, 5) is 0. The van der Waals surface area contributed by atoms with E-state index < -0.39 is 15.5 Å². The molecule has 4 nitrogen and oxygen atoms in total. The van der Waals surface area contributed by atoms with Gasteiger partial charge in [0, 0.05) is 11.1 Å². The Balaban J connectivity index is 1.98. The van der Waals surface area contributed by atoms with Crippen LogP contribution in [0, 0.1) is 0 Å². The number of hydrogen-bond acceptors (Lipinski definition) is 3. The molecule has 2 aromatic carbocycles. The largest absolute Gasteiger partial charge is 0.516 e. The van der Waals surface area contributed by atoms with Crippen LogP contribution in [0.1, 0.15) is 24.0 Å². The summed E-state index contributed by atoms with van der Waals surface area (Å²) in [5.74, 6) is 0.390. The Kier molecular flexibility index (Phi) is 5.07. The smallest absolute Gasteiger partial charge is 0.455 e. The Morgan fingerprint density at radius 3 is 2.50 bits per heavy atom. The molecule has 2 aromatic rings. The van der Waals surface area contributed by atoms with Crippen molar-refractivity contribution < 1.29 is 26.3 Å². The van der Waals surface area contributed by atoms with E-state index in [2.05, 4.69) is 0 Å². The first-order chi connectivity index (χ1) is 12.2.